The molecule has 0 radical (unpaired) electrons. The molecule has 0 fully saturated rings. The number of nitrogens with one attached hydrogen (secondary N) is 4. The average Bonchev–Trinajstić information content (AvgIpc) is 3.19. The van der Waals surface area contributed by atoms with E-state index in [-0.39, 0.29) is 31.5 Å². The molecule has 0 aliphatic carbocycles. The van der Waals surface area contributed by atoms with Crippen LogP contribution in [0.3, 0.4) is 0 Å². The maximum absolute atomic E-state index is 12.1. The van der Waals surface area contributed by atoms with Gasteiger partial charge in [-0.3, -0.25) is 14.7 Å². The number of H-pyrrole nitrogens is 1. The molecular weight excluding hydrogens is 350 g/mol. The Balaban J connectivity index is 1.74. The van der Waals surface area contributed by atoms with Crippen molar-refractivity contribution in [2.45, 2.75) is 25.3 Å². The Bertz CT molecular complexity index is 733. The molecule has 0 aliphatic rings. The highest BCUT2D eigenvalue weighted by Crippen LogP contribution is 2.08. The number of aromatic amines is 1. The van der Waals surface area contributed by atoms with Gasteiger partial charge in [0.2, 0.25) is 0 Å². The van der Waals surface area contributed by atoms with Crippen molar-refractivity contribution in [3.8, 4) is 0 Å². The van der Waals surface area contributed by atoms with Crippen LogP contribution in [-0.2, 0) is 11.2 Å². The molecule has 9 heteroatoms. The molecule has 2 rings (SSSR count). The van der Waals surface area contributed by atoms with Gasteiger partial charge in [-0.05, 0) is 24.5 Å². The minimum Gasteiger partial charge on any atom is -0.481 e. The van der Waals surface area contributed by atoms with Gasteiger partial charge >= 0.3 is 12.0 Å². The van der Waals surface area contributed by atoms with Gasteiger partial charge in [0.15, 0.2) is 0 Å². The van der Waals surface area contributed by atoms with Gasteiger partial charge in [0.25, 0.3) is 5.91 Å². The molecular formula is C18H23N5O4. The fraction of sp³-hybridized carbons (Fsp3) is 0.333. The topological polar surface area (TPSA) is 136 Å². The van der Waals surface area contributed by atoms with E-state index in [2.05, 4.69) is 26.1 Å². The fourth-order valence-corrected chi connectivity index (χ4v) is 2.49. The van der Waals surface area contributed by atoms with E-state index in [1.807, 2.05) is 30.3 Å². The summed E-state index contributed by atoms with van der Waals surface area (Å²) in [6.45, 7) is 0.493. The summed E-state index contributed by atoms with van der Waals surface area (Å²) in [4.78, 5) is 34.6. The summed E-state index contributed by atoms with van der Waals surface area (Å²) in [5.41, 5.74) is 1.36. The number of benzene rings is 1. The Kier molecular flexibility index (Phi) is 7.83. The van der Waals surface area contributed by atoms with Crippen LogP contribution < -0.4 is 16.0 Å². The lowest BCUT2D eigenvalue weighted by Gasteiger charge is -2.19. The van der Waals surface area contributed by atoms with Gasteiger partial charge in [0.05, 0.1) is 0 Å². The van der Waals surface area contributed by atoms with E-state index < -0.39 is 12.0 Å². The van der Waals surface area contributed by atoms with Gasteiger partial charge in [-0.25, -0.2) is 4.79 Å². The first-order valence-corrected chi connectivity index (χ1v) is 8.62. The second-order valence-corrected chi connectivity index (χ2v) is 5.95. The van der Waals surface area contributed by atoms with Gasteiger partial charge in [-0.2, -0.15) is 5.10 Å². The van der Waals surface area contributed by atoms with Crippen molar-refractivity contribution in [1.29, 1.82) is 0 Å². The van der Waals surface area contributed by atoms with Gasteiger partial charge in [-0.15, -0.1) is 0 Å². The van der Waals surface area contributed by atoms with Crippen LogP contribution in [0.5, 0.6) is 0 Å². The number of hydrogen-bond donors (Lipinski definition) is 5. The number of aliphatic carboxylic acids is 1. The predicted molar refractivity (Wildman–Crippen MR) is 98.3 cm³/mol. The second-order valence-electron chi connectivity index (χ2n) is 5.95. The van der Waals surface area contributed by atoms with Crippen molar-refractivity contribution in [3.05, 3.63) is 53.9 Å². The normalized spacial score (nSPS) is 11.4. The van der Waals surface area contributed by atoms with Gasteiger partial charge in [-0.1, -0.05) is 30.3 Å². The van der Waals surface area contributed by atoms with Crippen LogP contribution in [0.2, 0.25) is 0 Å². The van der Waals surface area contributed by atoms with Gasteiger partial charge in [0, 0.05) is 31.7 Å². The molecule has 1 atom stereocenters. The van der Waals surface area contributed by atoms with Crippen LogP contribution in [0.15, 0.2) is 42.6 Å². The zero-order valence-electron chi connectivity index (χ0n) is 14.8. The van der Waals surface area contributed by atoms with Crippen molar-refractivity contribution in [1.82, 2.24) is 26.1 Å². The van der Waals surface area contributed by atoms with Crippen molar-refractivity contribution >= 4 is 17.9 Å². The molecule has 144 valence electrons. The van der Waals surface area contributed by atoms with E-state index in [1.54, 1.807) is 6.07 Å². The standard InChI is InChI=1S/C18H23N5O4/c24-16(25)7-6-14(12-13-4-2-1-3-5-13)22-18(27)20-11-10-19-17(26)15-8-9-21-23-15/h1-5,8-9,14H,6-7,10-12H2,(H,19,26)(H,21,23)(H,24,25)(H2,20,22,27). The van der Waals surface area contributed by atoms with Crippen LogP contribution in [-0.4, -0.2) is 52.3 Å². The van der Waals surface area contributed by atoms with E-state index in [1.165, 1.54) is 6.20 Å². The number of carbonyl (C=O) groups excluding carboxylic acids is 2. The minimum atomic E-state index is -0.906. The lowest BCUT2D eigenvalue weighted by atomic mass is 10.0. The Morgan fingerprint density at radius 2 is 1.81 bits per heavy atom. The highest BCUT2D eigenvalue weighted by Gasteiger charge is 2.14. The Morgan fingerprint density at radius 3 is 2.48 bits per heavy atom. The highest BCUT2D eigenvalue weighted by molar-refractivity contribution is 5.92. The van der Waals surface area contributed by atoms with Crippen molar-refractivity contribution < 1.29 is 19.5 Å². The molecule has 0 saturated carbocycles. The molecule has 1 aromatic carbocycles. The summed E-state index contributed by atoms with van der Waals surface area (Å²) < 4.78 is 0. The minimum absolute atomic E-state index is 0.0297. The van der Waals surface area contributed by atoms with Gasteiger partial charge < -0.3 is 21.1 Å². The SMILES string of the molecule is O=C(O)CCC(Cc1ccccc1)NC(=O)NCCNC(=O)c1ccn[nH]1. The first-order chi connectivity index (χ1) is 13.0. The largest absolute Gasteiger partial charge is 0.481 e. The molecule has 0 aliphatic heterocycles. The van der Waals surface area contributed by atoms with E-state index in [0.29, 0.717) is 18.5 Å². The Morgan fingerprint density at radius 1 is 1.07 bits per heavy atom. The number of hydrogen-bond acceptors (Lipinski definition) is 4. The Hall–Kier alpha value is -3.36. The van der Waals surface area contributed by atoms with Crippen molar-refractivity contribution in [2.75, 3.05) is 13.1 Å². The molecule has 5 N–H and O–H groups in total. The van der Waals surface area contributed by atoms with Crippen molar-refractivity contribution in [2.24, 2.45) is 0 Å². The van der Waals surface area contributed by atoms with Crippen LogP contribution in [0.4, 0.5) is 4.79 Å². The van der Waals surface area contributed by atoms with E-state index >= 15 is 0 Å². The average molecular weight is 373 g/mol. The molecule has 1 aromatic heterocycles. The maximum atomic E-state index is 12.1. The van der Waals surface area contributed by atoms with Crippen LogP contribution in [0, 0.1) is 0 Å². The quantitative estimate of drug-likeness (QED) is 0.394. The third-order valence-electron chi connectivity index (χ3n) is 3.81. The lowest BCUT2D eigenvalue weighted by Crippen LogP contribution is -2.45. The third kappa shape index (κ3) is 7.59. The molecule has 0 saturated heterocycles. The summed E-state index contributed by atoms with van der Waals surface area (Å²) in [6, 6.07) is 10.4. The van der Waals surface area contributed by atoms with E-state index in [4.69, 9.17) is 5.11 Å². The third-order valence-corrected chi connectivity index (χ3v) is 3.81. The number of carbonyl (C=O) groups is 3. The number of carboxylic acids is 1. The van der Waals surface area contributed by atoms with Crippen LogP contribution in [0.25, 0.3) is 0 Å². The zero-order valence-corrected chi connectivity index (χ0v) is 14.8. The number of rotatable bonds is 10. The fourth-order valence-electron chi connectivity index (χ4n) is 2.49. The van der Waals surface area contributed by atoms with E-state index in [0.717, 1.165) is 5.56 Å². The number of nitrogens with zero attached hydrogens (tertiary/aromatic N) is 1. The molecule has 0 bridgehead atoms. The Labute approximate surface area is 156 Å². The highest BCUT2D eigenvalue weighted by atomic mass is 16.4. The summed E-state index contributed by atoms with van der Waals surface area (Å²) >= 11 is 0. The number of urea groups is 1. The molecule has 1 heterocycles. The number of carboxylic acid groups (broad SMARTS) is 1. The van der Waals surface area contributed by atoms with E-state index in [9.17, 15) is 14.4 Å². The smallest absolute Gasteiger partial charge is 0.315 e. The molecule has 1 unspecified atom stereocenters. The number of amides is 3. The molecule has 27 heavy (non-hydrogen) atoms. The predicted octanol–water partition coefficient (Wildman–Crippen LogP) is 0.915. The summed E-state index contributed by atoms with van der Waals surface area (Å²) in [5.74, 6) is -1.21. The lowest BCUT2D eigenvalue weighted by molar-refractivity contribution is -0.137. The maximum Gasteiger partial charge on any atom is 0.315 e. The molecule has 9 nitrogen and oxygen atoms in total. The van der Waals surface area contributed by atoms with Crippen LogP contribution >= 0.6 is 0 Å². The number of aromatic nitrogens is 2. The summed E-state index contributed by atoms with van der Waals surface area (Å²) in [7, 11) is 0. The monoisotopic (exact) mass is 373 g/mol. The molecule has 0 spiro atoms. The van der Waals surface area contributed by atoms with Crippen molar-refractivity contribution in [3.63, 3.8) is 0 Å². The zero-order chi connectivity index (χ0) is 19.5. The summed E-state index contributed by atoms with van der Waals surface area (Å²) in [5, 5.41) is 23.2. The second kappa shape index (κ2) is 10.6. The molecule has 3 amide bonds. The first kappa shape index (κ1) is 20.0. The van der Waals surface area contributed by atoms with Gasteiger partial charge in [0.1, 0.15) is 5.69 Å². The van der Waals surface area contributed by atoms with Crippen LogP contribution in [0.1, 0.15) is 28.9 Å². The first-order valence-electron chi connectivity index (χ1n) is 8.62. The molecule has 2 aromatic rings. The summed E-state index contributed by atoms with van der Waals surface area (Å²) in [6.07, 6.45) is 2.31.